The number of aromatic hydroxyl groups is 1. The SMILES string of the molecule is NCCC[C@H](NC(=O)[C@@H]1Cc2cccc(c2)-c2ccc(O)c(c2)C[C@H](N)C(=O)N[C@@H](C[C@@H](O)CN)C(=O)N1)C(=O)NCCC[C@H](N)CC(=O)NCCN. The first kappa shape index (κ1) is 42.8. The third-order valence-electron chi connectivity index (χ3n) is 8.90. The molecule has 0 aliphatic carbocycles. The van der Waals surface area contributed by atoms with Crippen LogP contribution in [0.1, 0.15) is 49.7 Å². The summed E-state index contributed by atoms with van der Waals surface area (Å²) in [7, 11) is 0. The lowest BCUT2D eigenvalue weighted by Crippen LogP contribution is -2.59. The summed E-state index contributed by atoms with van der Waals surface area (Å²) < 4.78 is 0. The summed E-state index contributed by atoms with van der Waals surface area (Å²) in [5, 5.41) is 34.4. The number of benzene rings is 2. The Hall–Kier alpha value is -4.65. The van der Waals surface area contributed by atoms with Crippen LogP contribution in [0, 0.1) is 0 Å². The van der Waals surface area contributed by atoms with E-state index >= 15 is 0 Å². The topological polar surface area (TPSA) is 316 Å². The number of phenols is 1. The van der Waals surface area contributed by atoms with Crippen LogP contribution < -0.4 is 55.3 Å². The average Bonchev–Trinajstić information content (AvgIpc) is 3.13. The van der Waals surface area contributed by atoms with E-state index in [1.165, 1.54) is 6.07 Å². The van der Waals surface area contributed by atoms with Crippen molar-refractivity contribution in [1.29, 1.82) is 0 Å². The molecular formula is C36H56N10O7. The fraction of sp³-hybridized carbons (Fsp3) is 0.528. The largest absolute Gasteiger partial charge is 0.508 e. The van der Waals surface area contributed by atoms with Gasteiger partial charge in [0.2, 0.25) is 29.5 Å². The van der Waals surface area contributed by atoms with Crippen molar-refractivity contribution < 1.29 is 34.2 Å². The molecule has 5 amide bonds. The van der Waals surface area contributed by atoms with E-state index in [0.717, 1.165) is 11.1 Å². The number of phenolic OH excluding ortho intramolecular Hbond substituents is 1. The number of hydrogen-bond donors (Lipinski definition) is 12. The fourth-order valence-electron chi connectivity index (χ4n) is 5.92. The first-order chi connectivity index (χ1) is 25.3. The van der Waals surface area contributed by atoms with Crippen molar-refractivity contribution in [3.05, 3.63) is 53.6 Å². The molecule has 53 heavy (non-hydrogen) atoms. The molecular weight excluding hydrogens is 684 g/mol. The number of nitrogens with one attached hydrogen (secondary N) is 5. The lowest BCUT2D eigenvalue weighted by atomic mass is 9.96. The van der Waals surface area contributed by atoms with Gasteiger partial charge in [0.05, 0.1) is 12.1 Å². The highest BCUT2D eigenvalue weighted by Crippen LogP contribution is 2.28. The summed E-state index contributed by atoms with van der Waals surface area (Å²) in [6.07, 6.45) is 0.225. The maximum atomic E-state index is 14.0. The van der Waals surface area contributed by atoms with Gasteiger partial charge in [-0.25, -0.2) is 0 Å². The Morgan fingerprint density at radius 1 is 0.887 bits per heavy atom. The van der Waals surface area contributed by atoms with Crippen LogP contribution >= 0.6 is 0 Å². The van der Waals surface area contributed by atoms with Crippen LogP contribution in [0.25, 0.3) is 11.1 Å². The normalized spacial score (nSPS) is 19.3. The van der Waals surface area contributed by atoms with Gasteiger partial charge in [-0.05, 0) is 66.6 Å². The molecule has 17 N–H and O–H groups in total. The Morgan fingerprint density at radius 2 is 1.64 bits per heavy atom. The summed E-state index contributed by atoms with van der Waals surface area (Å²) in [5.41, 5.74) is 31.6. The Morgan fingerprint density at radius 3 is 2.36 bits per heavy atom. The summed E-state index contributed by atoms with van der Waals surface area (Å²) in [6, 6.07) is 7.08. The van der Waals surface area contributed by atoms with E-state index < -0.39 is 59.9 Å². The number of rotatable bonds is 17. The molecule has 4 bridgehead atoms. The predicted molar refractivity (Wildman–Crippen MR) is 200 cm³/mol. The van der Waals surface area contributed by atoms with Crippen molar-refractivity contribution in [3.8, 4) is 16.9 Å². The minimum absolute atomic E-state index is 0.00203. The first-order valence-corrected chi connectivity index (χ1v) is 18.0. The Bertz CT molecular complexity index is 1540. The smallest absolute Gasteiger partial charge is 0.243 e. The number of nitrogens with two attached hydrogens (primary N) is 5. The number of amides is 5. The minimum atomic E-state index is -1.33. The highest BCUT2D eigenvalue weighted by Gasteiger charge is 2.32. The van der Waals surface area contributed by atoms with E-state index in [0.29, 0.717) is 43.5 Å². The van der Waals surface area contributed by atoms with Crippen molar-refractivity contribution in [1.82, 2.24) is 26.6 Å². The summed E-state index contributed by atoms with van der Waals surface area (Å²) in [4.78, 5) is 66.2. The zero-order valence-corrected chi connectivity index (χ0v) is 30.0. The Labute approximate surface area is 309 Å². The highest BCUT2D eigenvalue weighted by atomic mass is 16.3. The van der Waals surface area contributed by atoms with Crippen LogP contribution in [0.4, 0.5) is 0 Å². The molecule has 2 aromatic carbocycles. The maximum Gasteiger partial charge on any atom is 0.243 e. The molecule has 0 saturated carbocycles. The van der Waals surface area contributed by atoms with Gasteiger partial charge in [-0.2, -0.15) is 0 Å². The van der Waals surface area contributed by atoms with E-state index in [2.05, 4.69) is 26.6 Å². The third-order valence-corrected chi connectivity index (χ3v) is 8.90. The number of aliphatic hydroxyl groups is 1. The average molecular weight is 741 g/mol. The molecule has 0 aromatic heterocycles. The standard InChI is InChI=1S/C36H56N10O7/c37-10-2-7-28(34(51)43-12-3-6-25(40)18-32(49)42-13-11-38)44-35(52)29-15-21-4-1-5-22(14-21)23-8-9-31(48)24(16-23)17-27(41)33(50)45-30(36(53)46-29)19-26(47)20-39/h1,4-5,8-9,14,16,25-30,47-48H,2-3,6-7,10-13,15,17-20,37-41H2,(H,42,49)(H,43,51)(H,44,52)(H,45,50)(H,46,53)/t25-,26+,27-,28-,29-,30-/m0/s1. The molecule has 2 aromatic rings. The van der Waals surface area contributed by atoms with Crippen LogP contribution in [0.2, 0.25) is 0 Å². The van der Waals surface area contributed by atoms with Gasteiger partial charge in [0.1, 0.15) is 23.9 Å². The van der Waals surface area contributed by atoms with Gasteiger partial charge in [-0.15, -0.1) is 0 Å². The number of hydrogen-bond acceptors (Lipinski definition) is 12. The molecule has 292 valence electrons. The van der Waals surface area contributed by atoms with Crippen molar-refractivity contribution in [2.75, 3.05) is 32.7 Å². The molecule has 3 rings (SSSR count). The molecule has 17 heteroatoms. The molecule has 0 saturated heterocycles. The second-order valence-electron chi connectivity index (χ2n) is 13.3. The number of aliphatic hydroxyl groups excluding tert-OH is 1. The fourth-order valence-corrected chi connectivity index (χ4v) is 5.92. The molecule has 0 unspecified atom stereocenters. The zero-order valence-electron chi connectivity index (χ0n) is 30.0. The van der Waals surface area contributed by atoms with Gasteiger partial charge in [0.15, 0.2) is 0 Å². The zero-order chi connectivity index (χ0) is 38.9. The molecule has 0 spiro atoms. The van der Waals surface area contributed by atoms with E-state index in [1.54, 1.807) is 24.3 Å². The van der Waals surface area contributed by atoms with Gasteiger partial charge in [0.25, 0.3) is 0 Å². The van der Waals surface area contributed by atoms with Crippen molar-refractivity contribution in [2.45, 2.75) is 87.7 Å². The van der Waals surface area contributed by atoms with Gasteiger partial charge >= 0.3 is 0 Å². The van der Waals surface area contributed by atoms with Gasteiger partial charge < -0.3 is 65.5 Å². The Kier molecular flexibility index (Phi) is 17.6. The first-order valence-electron chi connectivity index (χ1n) is 18.0. The predicted octanol–water partition coefficient (Wildman–Crippen LogP) is -2.92. The molecule has 6 atom stereocenters. The van der Waals surface area contributed by atoms with E-state index in [1.807, 2.05) is 12.1 Å². The van der Waals surface area contributed by atoms with E-state index in [4.69, 9.17) is 28.7 Å². The van der Waals surface area contributed by atoms with E-state index in [9.17, 15) is 34.2 Å². The third kappa shape index (κ3) is 14.0. The molecule has 1 heterocycles. The molecule has 0 fully saturated rings. The van der Waals surface area contributed by atoms with Gasteiger partial charge in [0, 0.05) is 57.9 Å². The summed E-state index contributed by atoms with van der Waals surface area (Å²) in [6.45, 7) is 0.990. The number of carbonyl (C=O) groups excluding carboxylic acids is 5. The van der Waals surface area contributed by atoms with Gasteiger partial charge in [-0.1, -0.05) is 30.3 Å². The van der Waals surface area contributed by atoms with E-state index in [-0.39, 0.29) is 63.4 Å². The maximum absolute atomic E-state index is 14.0. The number of carbonyl (C=O) groups is 5. The minimum Gasteiger partial charge on any atom is -0.508 e. The molecule has 0 radical (unpaired) electrons. The lowest BCUT2D eigenvalue weighted by molar-refractivity contribution is -0.134. The second kappa shape index (κ2) is 21.8. The van der Waals surface area contributed by atoms with Crippen LogP contribution in [0.3, 0.4) is 0 Å². The lowest BCUT2D eigenvalue weighted by Gasteiger charge is -2.27. The molecule has 17 nitrogen and oxygen atoms in total. The van der Waals surface area contributed by atoms with Crippen molar-refractivity contribution in [3.63, 3.8) is 0 Å². The summed E-state index contributed by atoms with van der Waals surface area (Å²) in [5.74, 6) is -2.87. The number of fused-ring (bicyclic) bond motifs is 5. The van der Waals surface area contributed by atoms with Crippen LogP contribution in [-0.4, -0.2) is 109 Å². The van der Waals surface area contributed by atoms with Crippen LogP contribution in [0.5, 0.6) is 5.75 Å². The highest BCUT2D eigenvalue weighted by molar-refractivity contribution is 5.95. The second-order valence-corrected chi connectivity index (χ2v) is 13.3. The van der Waals surface area contributed by atoms with Crippen LogP contribution in [0.15, 0.2) is 42.5 Å². The summed E-state index contributed by atoms with van der Waals surface area (Å²) >= 11 is 0. The van der Waals surface area contributed by atoms with Crippen molar-refractivity contribution >= 4 is 29.5 Å². The molecule has 1 aliphatic rings. The van der Waals surface area contributed by atoms with Crippen molar-refractivity contribution in [2.24, 2.45) is 28.7 Å². The quantitative estimate of drug-likeness (QED) is 0.0726. The van der Waals surface area contributed by atoms with Gasteiger partial charge in [-0.3, -0.25) is 24.0 Å². The Balaban J connectivity index is 1.85. The molecule has 1 aliphatic heterocycles. The van der Waals surface area contributed by atoms with Crippen LogP contribution in [-0.2, 0) is 36.8 Å². The monoisotopic (exact) mass is 740 g/mol.